The average Bonchev–Trinajstić information content (AvgIpc) is 2.28. The Morgan fingerprint density at radius 3 is 2.82 bits per heavy atom. The van der Waals surface area contributed by atoms with E-state index in [-0.39, 0.29) is 18.2 Å². The van der Waals surface area contributed by atoms with Crippen molar-refractivity contribution in [3.63, 3.8) is 0 Å². The van der Waals surface area contributed by atoms with Crippen molar-refractivity contribution in [3.8, 4) is 0 Å². The number of fused-ring (bicyclic) bond motifs is 1. The van der Waals surface area contributed by atoms with Crippen LogP contribution in [0.2, 0.25) is 0 Å². The number of hydrogen-bond donors (Lipinski definition) is 1. The summed E-state index contributed by atoms with van der Waals surface area (Å²) in [6, 6.07) is 7.43. The molecule has 17 heavy (non-hydrogen) atoms. The lowest BCUT2D eigenvalue weighted by Gasteiger charge is -2.16. The first-order valence-corrected chi connectivity index (χ1v) is 5.50. The van der Waals surface area contributed by atoms with Gasteiger partial charge in [-0.15, -0.1) is 0 Å². The molecule has 0 spiro atoms. The Bertz CT molecular complexity index is 589. The van der Waals surface area contributed by atoms with Crippen molar-refractivity contribution in [2.45, 2.75) is 19.8 Å². The normalized spacial score (nSPS) is 18.5. The number of aliphatic carboxylic acids is 1. The predicted molar refractivity (Wildman–Crippen MR) is 61.7 cm³/mol. The monoisotopic (exact) mass is 231 g/mol. The lowest BCUT2D eigenvalue weighted by atomic mass is 9.91. The number of amides is 1. The van der Waals surface area contributed by atoms with Crippen LogP contribution in [0.1, 0.15) is 19.8 Å². The van der Waals surface area contributed by atoms with Crippen molar-refractivity contribution in [2.75, 3.05) is 0 Å². The number of hydrogen-bond acceptors (Lipinski definition) is 2. The first kappa shape index (κ1) is 11.5. The van der Waals surface area contributed by atoms with Gasteiger partial charge in [0.2, 0.25) is 0 Å². The summed E-state index contributed by atoms with van der Waals surface area (Å²) in [4.78, 5) is 26.4. The zero-order valence-corrected chi connectivity index (χ0v) is 9.51. The maximum absolute atomic E-state index is 11.8. The largest absolute Gasteiger partial charge is 0.481 e. The van der Waals surface area contributed by atoms with Crippen molar-refractivity contribution in [1.82, 2.24) is 0 Å². The summed E-state index contributed by atoms with van der Waals surface area (Å²) in [5.41, 5.74) is 0.918. The lowest BCUT2D eigenvalue weighted by Crippen LogP contribution is -2.36. The molecule has 4 heteroatoms. The van der Waals surface area contributed by atoms with Gasteiger partial charge in [-0.25, -0.2) is 4.99 Å². The molecule has 1 aliphatic heterocycles. The maximum Gasteiger partial charge on any atom is 0.303 e. The molecule has 0 saturated heterocycles. The lowest BCUT2D eigenvalue weighted by molar-refractivity contribution is -0.137. The second-order valence-corrected chi connectivity index (χ2v) is 4.14. The van der Waals surface area contributed by atoms with Crippen molar-refractivity contribution in [3.05, 3.63) is 34.8 Å². The number of carboxylic acids is 1. The summed E-state index contributed by atoms with van der Waals surface area (Å²) < 4.78 is 0. The van der Waals surface area contributed by atoms with Gasteiger partial charge in [0.25, 0.3) is 5.91 Å². The first-order chi connectivity index (χ1) is 8.09. The van der Waals surface area contributed by atoms with Crippen molar-refractivity contribution in [1.29, 1.82) is 0 Å². The highest BCUT2D eigenvalue weighted by atomic mass is 16.4. The van der Waals surface area contributed by atoms with Crippen LogP contribution in [0.5, 0.6) is 0 Å². The maximum atomic E-state index is 11.8. The van der Waals surface area contributed by atoms with E-state index in [4.69, 9.17) is 5.11 Å². The number of rotatable bonds is 3. The summed E-state index contributed by atoms with van der Waals surface area (Å²) >= 11 is 0. The molecular weight excluding hydrogens is 218 g/mol. The Morgan fingerprint density at radius 2 is 2.12 bits per heavy atom. The van der Waals surface area contributed by atoms with E-state index in [1.165, 1.54) is 0 Å². The standard InChI is InChI=1S/C13H13NO3/c1-8-9-4-2-3-5-11(9)14-13(17)10(8)6-7-12(15)16/h2-5,10H,6-7H2,1H3,(H,15,16). The van der Waals surface area contributed by atoms with Crippen LogP contribution < -0.4 is 10.6 Å². The number of carboxylic acid groups (broad SMARTS) is 1. The van der Waals surface area contributed by atoms with E-state index >= 15 is 0 Å². The van der Waals surface area contributed by atoms with Crippen LogP contribution in [0.4, 0.5) is 0 Å². The molecule has 1 aromatic rings. The Morgan fingerprint density at radius 1 is 1.41 bits per heavy atom. The average molecular weight is 231 g/mol. The minimum Gasteiger partial charge on any atom is -0.481 e. The van der Waals surface area contributed by atoms with Crippen LogP contribution in [0, 0.1) is 5.92 Å². The van der Waals surface area contributed by atoms with Gasteiger partial charge in [-0.1, -0.05) is 23.8 Å². The Kier molecular flexibility index (Phi) is 3.04. The molecule has 1 amide bonds. The van der Waals surface area contributed by atoms with Gasteiger partial charge in [-0.3, -0.25) is 9.59 Å². The molecule has 0 aromatic heterocycles. The second-order valence-electron chi connectivity index (χ2n) is 4.14. The molecule has 0 fully saturated rings. The highest BCUT2D eigenvalue weighted by Crippen LogP contribution is 2.19. The van der Waals surface area contributed by atoms with Gasteiger partial charge >= 0.3 is 5.97 Å². The zero-order valence-electron chi connectivity index (χ0n) is 9.51. The Labute approximate surface area is 98.3 Å². The SMILES string of the molecule is CC1=c2ccccc2=NC(=O)C1CCC(=O)O. The molecule has 2 rings (SSSR count). The van der Waals surface area contributed by atoms with Gasteiger partial charge in [-0.2, -0.15) is 0 Å². The Hall–Kier alpha value is -1.97. The summed E-state index contributed by atoms with van der Waals surface area (Å²) in [5, 5.41) is 10.3. The molecule has 0 saturated carbocycles. The molecule has 1 aromatic carbocycles. The van der Waals surface area contributed by atoms with Gasteiger partial charge < -0.3 is 5.11 Å². The summed E-state index contributed by atoms with van der Waals surface area (Å²) in [6.07, 6.45) is 0.309. The minimum absolute atomic E-state index is 0.00850. The minimum atomic E-state index is -0.885. The molecule has 1 N–H and O–H groups in total. The highest BCUT2D eigenvalue weighted by molar-refractivity contribution is 5.89. The molecule has 0 bridgehead atoms. The summed E-state index contributed by atoms with van der Waals surface area (Å²) in [6.45, 7) is 1.87. The summed E-state index contributed by atoms with van der Waals surface area (Å²) in [7, 11) is 0. The molecule has 1 atom stereocenters. The quantitative estimate of drug-likeness (QED) is 0.823. The third kappa shape index (κ3) is 2.25. The fraction of sp³-hybridized carbons (Fsp3) is 0.308. The molecule has 1 aliphatic rings. The zero-order chi connectivity index (χ0) is 12.4. The smallest absolute Gasteiger partial charge is 0.303 e. The van der Waals surface area contributed by atoms with Gasteiger partial charge in [0.15, 0.2) is 0 Å². The van der Waals surface area contributed by atoms with Crippen LogP contribution in [0.25, 0.3) is 5.57 Å². The van der Waals surface area contributed by atoms with E-state index < -0.39 is 5.97 Å². The van der Waals surface area contributed by atoms with Gasteiger partial charge in [0.05, 0.1) is 11.3 Å². The molecule has 4 nitrogen and oxygen atoms in total. The van der Waals surface area contributed by atoms with Crippen LogP contribution in [-0.2, 0) is 9.59 Å². The molecule has 1 heterocycles. The molecular formula is C13H13NO3. The number of para-hydroxylation sites is 1. The van der Waals surface area contributed by atoms with Crippen LogP contribution >= 0.6 is 0 Å². The van der Waals surface area contributed by atoms with E-state index in [0.717, 1.165) is 10.8 Å². The van der Waals surface area contributed by atoms with Crippen molar-refractivity contribution >= 4 is 17.4 Å². The van der Waals surface area contributed by atoms with E-state index in [2.05, 4.69) is 4.99 Å². The van der Waals surface area contributed by atoms with Gasteiger partial charge in [0, 0.05) is 6.42 Å². The van der Waals surface area contributed by atoms with Crippen molar-refractivity contribution < 1.29 is 14.7 Å². The fourth-order valence-corrected chi connectivity index (χ4v) is 2.08. The Balaban J connectivity index is 2.42. The fourth-order valence-electron chi connectivity index (χ4n) is 2.08. The van der Waals surface area contributed by atoms with Crippen LogP contribution in [0.15, 0.2) is 29.3 Å². The third-order valence-corrected chi connectivity index (χ3v) is 3.03. The molecule has 0 aliphatic carbocycles. The van der Waals surface area contributed by atoms with E-state index in [0.29, 0.717) is 11.8 Å². The number of benzene rings is 1. The molecule has 1 unspecified atom stereocenters. The molecule has 0 radical (unpaired) electrons. The highest BCUT2D eigenvalue weighted by Gasteiger charge is 2.24. The van der Waals surface area contributed by atoms with E-state index in [9.17, 15) is 9.59 Å². The molecule has 88 valence electrons. The van der Waals surface area contributed by atoms with Crippen molar-refractivity contribution in [2.24, 2.45) is 10.9 Å². The summed E-state index contributed by atoms with van der Waals surface area (Å²) in [5.74, 6) is -1.51. The predicted octanol–water partition coefficient (Wildman–Crippen LogP) is 0.498. The van der Waals surface area contributed by atoms with Crippen LogP contribution in [0.3, 0.4) is 0 Å². The number of carbonyl (C=O) groups excluding carboxylic acids is 1. The number of nitrogens with zero attached hydrogens (tertiary/aromatic N) is 1. The van der Waals surface area contributed by atoms with Gasteiger partial charge in [0.1, 0.15) is 0 Å². The topological polar surface area (TPSA) is 66.7 Å². The third-order valence-electron chi connectivity index (χ3n) is 3.03. The van der Waals surface area contributed by atoms with E-state index in [1.807, 2.05) is 25.1 Å². The number of carbonyl (C=O) groups is 2. The van der Waals surface area contributed by atoms with Crippen LogP contribution in [-0.4, -0.2) is 17.0 Å². The second kappa shape index (κ2) is 4.49. The van der Waals surface area contributed by atoms with E-state index in [1.54, 1.807) is 6.07 Å². The first-order valence-electron chi connectivity index (χ1n) is 5.50. The van der Waals surface area contributed by atoms with Gasteiger partial charge in [-0.05, 0) is 24.6 Å².